The minimum Gasteiger partial charge on any atom is -0.296 e. The average Bonchev–Trinajstić information content (AvgIpc) is 1.77. The summed E-state index contributed by atoms with van der Waals surface area (Å²) in [6.07, 6.45) is 0. The van der Waals surface area contributed by atoms with Gasteiger partial charge in [0.1, 0.15) is 0 Å². The Bertz CT molecular complexity index is 196. The largest absolute Gasteiger partial charge is 0.296 e. The van der Waals surface area contributed by atoms with Crippen molar-refractivity contribution in [1.82, 2.24) is 9.80 Å². The van der Waals surface area contributed by atoms with Gasteiger partial charge in [-0.3, -0.25) is 9.80 Å². The molecule has 1 saturated heterocycles. The van der Waals surface area contributed by atoms with E-state index in [1.165, 1.54) is 13.1 Å². The van der Waals surface area contributed by atoms with Crippen LogP contribution >= 0.6 is 22.6 Å². The number of nitrogens with zero attached hydrogens (tertiary/aromatic N) is 2. The van der Waals surface area contributed by atoms with Crippen LogP contribution < -0.4 is 0 Å². The number of hydrogen-bond acceptors (Lipinski definition) is 2. The van der Waals surface area contributed by atoms with E-state index in [2.05, 4.69) is 74.1 Å². The number of likely N-dealkylation sites (tertiary alicyclic amines) is 1. The normalized spacial score (nSPS) is 21.4. The van der Waals surface area contributed by atoms with E-state index in [0.29, 0.717) is 9.08 Å². The molecular formula is C11H23IN2. The fraction of sp³-hybridized carbons (Fsp3) is 1.00. The quantitative estimate of drug-likeness (QED) is 0.439. The lowest BCUT2D eigenvalue weighted by molar-refractivity contribution is -0.0173. The van der Waals surface area contributed by atoms with E-state index in [0.717, 1.165) is 6.04 Å². The van der Waals surface area contributed by atoms with Crippen molar-refractivity contribution in [1.29, 1.82) is 0 Å². The highest BCUT2D eigenvalue weighted by Crippen LogP contribution is 2.31. The molecule has 1 aliphatic rings. The van der Waals surface area contributed by atoms with Crippen LogP contribution in [0.5, 0.6) is 0 Å². The van der Waals surface area contributed by atoms with E-state index >= 15 is 0 Å². The van der Waals surface area contributed by atoms with Gasteiger partial charge in [-0.15, -0.1) is 0 Å². The zero-order valence-electron chi connectivity index (χ0n) is 10.3. The molecule has 0 N–H and O–H groups in total. The molecule has 0 aromatic heterocycles. The van der Waals surface area contributed by atoms with Crippen LogP contribution in [-0.2, 0) is 0 Å². The fourth-order valence-corrected chi connectivity index (χ4v) is 2.08. The maximum Gasteiger partial charge on any atom is 0.0674 e. The number of halogens is 1. The van der Waals surface area contributed by atoms with Crippen molar-refractivity contribution in [3.05, 3.63) is 0 Å². The van der Waals surface area contributed by atoms with E-state index in [1.54, 1.807) is 0 Å². The third-order valence-electron chi connectivity index (χ3n) is 3.22. The molecule has 1 fully saturated rings. The van der Waals surface area contributed by atoms with Gasteiger partial charge < -0.3 is 0 Å². The zero-order valence-corrected chi connectivity index (χ0v) is 12.4. The molecule has 0 unspecified atom stereocenters. The minimum absolute atomic E-state index is 0.298. The first-order valence-electron chi connectivity index (χ1n) is 5.29. The molecular weight excluding hydrogens is 287 g/mol. The van der Waals surface area contributed by atoms with Crippen LogP contribution in [0.15, 0.2) is 0 Å². The Hall–Kier alpha value is 0.650. The van der Waals surface area contributed by atoms with Gasteiger partial charge in [0, 0.05) is 24.7 Å². The molecule has 2 nitrogen and oxygen atoms in total. The predicted molar refractivity (Wildman–Crippen MR) is 71.0 cm³/mol. The Kier molecular flexibility index (Phi) is 3.55. The summed E-state index contributed by atoms with van der Waals surface area (Å²) in [5, 5.41) is 0. The molecule has 0 aliphatic carbocycles. The van der Waals surface area contributed by atoms with Crippen molar-refractivity contribution in [2.75, 3.05) is 20.1 Å². The summed E-state index contributed by atoms with van der Waals surface area (Å²) >= 11 is 2.52. The molecule has 0 atom stereocenters. The molecule has 0 bridgehead atoms. The van der Waals surface area contributed by atoms with Crippen molar-refractivity contribution in [3.8, 4) is 0 Å². The lowest BCUT2D eigenvalue weighted by Gasteiger charge is -2.52. The first-order valence-corrected chi connectivity index (χ1v) is 6.37. The molecule has 0 radical (unpaired) electrons. The number of likely N-dealkylation sites (N-methyl/N-ethyl adjacent to an activating group) is 1. The number of alkyl halides is 1. The summed E-state index contributed by atoms with van der Waals surface area (Å²) in [7, 11) is 2.24. The standard InChI is InChI=1S/C11H23IN2/c1-10(2,3)13(6)9-7-14(8-9)11(4,5)12/h9H,7-8H2,1-6H3. The van der Waals surface area contributed by atoms with Crippen LogP contribution in [0.4, 0.5) is 0 Å². The molecule has 1 heterocycles. The van der Waals surface area contributed by atoms with E-state index in [-0.39, 0.29) is 0 Å². The second-order valence-electron chi connectivity index (χ2n) is 5.75. The van der Waals surface area contributed by atoms with Crippen LogP contribution in [0.25, 0.3) is 0 Å². The van der Waals surface area contributed by atoms with E-state index < -0.39 is 0 Å². The van der Waals surface area contributed by atoms with Crippen LogP contribution in [0.1, 0.15) is 34.6 Å². The van der Waals surface area contributed by atoms with Gasteiger partial charge in [-0.05, 0) is 41.7 Å². The summed E-state index contributed by atoms with van der Waals surface area (Å²) in [6.45, 7) is 13.8. The molecule has 1 aliphatic heterocycles. The molecule has 84 valence electrons. The zero-order chi connectivity index (χ0) is 11.1. The second kappa shape index (κ2) is 3.91. The average molecular weight is 310 g/mol. The Morgan fingerprint density at radius 1 is 1.14 bits per heavy atom. The summed E-state index contributed by atoms with van der Waals surface area (Å²) in [4.78, 5) is 5.02. The van der Waals surface area contributed by atoms with Crippen LogP contribution in [0.2, 0.25) is 0 Å². The van der Waals surface area contributed by atoms with Crippen LogP contribution in [-0.4, -0.2) is 45.1 Å². The Balaban J connectivity index is 2.42. The van der Waals surface area contributed by atoms with E-state index in [4.69, 9.17) is 0 Å². The highest BCUT2D eigenvalue weighted by atomic mass is 127. The highest BCUT2D eigenvalue weighted by Gasteiger charge is 2.39. The van der Waals surface area contributed by atoms with Gasteiger partial charge >= 0.3 is 0 Å². The maximum atomic E-state index is 2.53. The molecule has 0 spiro atoms. The van der Waals surface area contributed by atoms with Crippen molar-refractivity contribution < 1.29 is 0 Å². The number of hydrogen-bond donors (Lipinski definition) is 0. The van der Waals surface area contributed by atoms with Gasteiger partial charge in [0.15, 0.2) is 0 Å². The summed E-state index contributed by atoms with van der Waals surface area (Å²) in [5.74, 6) is 0. The highest BCUT2D eigenvalue weighted by molar-refractivity contribution is 14.1. The van der Waals surface area contributed by atoms with Gasteiger partial charge in [-0.2, -0.15) is 0 Å². The minimum atomic E-state index is 0.298. The fourth-order valence-electron chi connectivity index (χ4n) is 1.68. The third-order valence-corrected chi connectivity index (χ3v) is 3.90. The SMILES string of the molecule is CN(C1CN(C(C)(C)I)C1)C(C)(C)C. The predicted octanol–water partition coefficient (Wildman–Crippen LogP) is 2.57. The van der Waals surface area contributed by atoms with E-state index in [9.17, 15) is 0 Å². The van der Waals surface area contributed by atoms with Crippen LogP contribution in [0.3, 0.4) is 0 Å². The Morgan fingerprint density at radius 2 is 1.57 bits per heavy atom. The van der Waals surface area contributed by atoms with Gasteiger partial charge in [0.25, 0.3) is 0 Å². The number of rotatable bonds is 2. The summed E-state index contributed by atoms with van der Waals surface area (Å²) < 4.78 is 0.312. The van der Waals surface area contributed by atoms with Gasteiger partial charge in [0.2, 0.25) is 0 Å². The van der Waals surface area contributed by atoms with E-state index in [1.807, 2.05) is 0 Å². The smallest absolute Gasteiger partial charge is 0.0674 e. The monoisotopic (exact) mass is 310 g/mol. The summed E-state index contributed by atoms with van der Waals surface area (Å²) in [6, 6.07) is 0.740. The second-order valence-corrected chi connectivity index (χ2v) is 8.39. The van der Waals surface area contributed by atoms with Crippen molar-refractivity contribution >= 4 is 22.6 Å². The molecule has 14 heavy (non-hydrogen) atoms. The van der Waals surface area contributed by atoms with Crippen molar-refractivity contribution in [3.63, 3.8) is 0 Å². The molecule has 0 aromatic rings. The Labute approximate surface area is 102 Å². The topological polar surface area (TPSA) is 6.48 Å². The first-order chi connectivity index (χ1) is 6.12. The first kappa shape index (κ1) is 12.7. The molecule has 0 amide bonds. The van der Waals surface area contributed by atoms with Gasteiger partial charge in [-0.25, -0.2) is 0 Å². The van der Waals surface area contributed by atoms with Gasteiger partial charge in [-0.1, -0.05) is 22.6 Å². The maximum absolute atomic E-state index is 2.53. The van der Waals surface area contributed by atoms with Crippen molar-refractivity contribution in [2.45, 2.75) is 49.7 Å². The van der Waals surface area contributed by atoms with Crippen LogP contribution in [0, 0.1) is 0 Å². The molecule has 1 rings (SSSR count). The summed E-state index contributed by atoms with van der Waals surface area (Å²) in [5.41, 5.74) is 0.298. The lowest BCUT2D eigenvalue weighted by atomic mass is 9.98. The third kappa shape index (κ3) is 2.83. The van der Waals surface area contributed by atoms with Crippen molar-refractivity contribution in [2.24, 2.45) is 0 Å². The lowest BCUT2D eigenvalue weighted by Crippen LogP contribution is -2.65. The Morgan fingerprint density at radius 3 is 1.86 bits per heavy atom. The van der Waals surface area contributed by atoms with Gasteiger partial charge in [0.05, 0.1) is 3.55 Å². The molecule has 0 aromatic carbocycles. The molecule has 0 saturated carbocycles. The molecule has 3 heteroatoms.